The number of fused-ring (bicyclic) bond motifs is 3. The van der Waals surface area contributed by atoms with Gasteiger partial charge in [-0.1, -0.05) is 0 Å². The van der Waals surface area contributed by atoms with Gasteiger partial charge in [0.05, 0.1) is 31.9 Å². The molecular formula is C21H22F3N7O2. The Labute approximate surface area is 188 Å². The number of nitrogens with zero attached hydrogens (tertiary/aromatic N) is 6. The summed E-state index contributed by atoms with van der Waals surface area (Å²) in [6, 6.07) is 3.02. The summed E-state index contributed by atoms with van der Waals surface area (Å²) in [5, 5.41) is 9.67. The molecule has 0 bridgehead atoms. The van der Waals surface area contributed by atoms with Gasteiger partial charge in [-0.05, 0) is 25.1 Å². The number of halogens is 3. The van der Waals surface area contributed by atoms with E-state index in [2.05, 4.69) is 15.3 Å². The van der Waals surface area contributed by atoms with Gasteiger partial charge >= 0.3 is 6.03 Å². The summed E-state index contributed by atoms with van der Waals surface area (Å²) in [5.74, 6) is -1.14. The van der Waals surface area contributed by atoms with Crippen LogP contribution in [-0.2, 0) is 19.5 Å². The van der Waals surface area contributed by atoms with Gasteiger partial charge in [-0.2, -0.15) is 5.10 Å². The van der Waals surface area contributed by atoms with Crippen molar-refractivity contribution >= 4 is 23.3 Å². The summed E-state index contributed by atoms with van der Waals surface area (Å²) in [6.07, 6.45) is -2.17. The highest BCUT2D eigenvalue weighted by Crippen LogP contribution is 2.29. The lowest BCUT2D eigenvalue weighted by Crippen LogP contribution is -2.47. The molecule has 1 aromatic carbocycles. The molecule has 0 spiro atoms. The number of nitrogens with one attached hydrogen (secondary N) is 1. The Morgan fingerprint density at radius 2 is 2.12 bits per heavy atom. The van der Waals surface area contributed by atoms with Crippen molar-refractivity contribution in [2.75, 3.05) is 25.5 Å². The number of amides is 3. The second-order valence-electron chi connectivity index (χ2n) is 8.02. The zero-order chi connectivity index (χ0) is 23.9. The minimum absolute atomic E-state index is 0.100. The van der Waals surface area contributed by atoms with E-state index in [1.807, 2.05) is 6.92 Å². The van der Waals surface area contributed by atoms with Gasteiger partial charge in [-0.15, -0.1) is 0 Å². The molecular weight excluding hydrogens is 439 g/mol. The van der Waals surface area contributed by atoms with Crippen LogP contribution in [0.25, 0.3) is 4.85 Å². The minimum atomic E-state index is -2.59. The predicted molar refractivity (Wildman–Crippen MR) is 112 cm³/mol. The molecule has 1 aromatic heterocycles. The lowest BCUT2D eigenvalue weighted by Gasteiger charge is -2.34. The first-order valence-corrected chi connectivity index (χ1v) is 10.3. The monoisotopic (exact) mass is 461 g/mol. The number of hydrogen-bond acceptors (Lipinski definition) is 4. The van der Waals surface area contributed by atoms with E-state index < -0.39 is 30.7 Å². The highest BCUT2D eigenvalue weighted by molar-refractivity contribution is 5.95. The SMILES string of the molecule is [C-]#[N+]c1cc(NC(=O)N2Cc3c(nn4c3C(=O)N(C)N(CC(F)F)CC4)C[C@H]2C)ccc1F. The van der Waals surface area contributed by atoms with Crippen LogP contribution in [0.1, 0.15) is 28.7 Å². The second-order valence-corrected chi connectivity index (χ2v) is 8.02. The van der Waals surface area contributed by atoms with Gasteiger partial charge in [0.2, 0.25) is 5.69 Å². The van der Waals surface area contributed by atoms with E-state index in [1.54, 1.807) is 0 Å². The molecule has 3 amide bonds. The van der Waals surface area contributed by atoms with Crippen LogP contribution >= 0.6 is 0 Å². The third-order valence-electron chi connectivity index (χ3n) is 5.90. The molecule has 0 unspecified atom stereocenters. The molecule has 3 heterocycles. The molecule has 0 saturated carbocycles. The maximum atomic E-state index is 13.6. The fourth-order valence-electron chi connectivity index (χ4n) is 4.15. The molecule has 12 heteroatoms. The molecule has 174 valence electrons. The van der Waals surface area contributed by atoms with Crippen LogP contribution in [0.15, 0.2) is 18.2 Å². The maximum absolute atomic E-state index is 13.6. The van der Waals surface area contributed by atoms with E-state index in [0.29, 0.717) is 17.7 Å². The fraction of sp³-hybridized carbons (Fsp3) is 0.429. The first-order chi connectivity index (χ1) is 15.7. The third-order valence-corrected chi connectivity index (χ3v) is 5.90. The first-order valence-electron chi connectivity index (χ1n) is 10.3. The Bertz CT molecular complexity index is 1140. The molecule has 2 aliphatic heterocycles. The zero-order valence-electron chi connectivity index (χ0n) is 18.1. The van der Waals surface area contributed by atoms with Crippen molar-refractivity contribution < 1.29 is 22.8 Å². The molecule has 1 atom stereocenters. The second kappa shape index (κ2) is 8.74. The van der Waals surface area contributed by atoms with E-state index in [1.165, 1.54) is 38.8 Å². The molecule has 0 fully saturated rings. The van der Waals surface area contributed by atoms with Crippen molar-refractivity contribution in [3.8, 4) is 0 Å². The molecule has 2 aliphatic rings. The molecule has 0 radical (unpaired) electrons. The number of rotatable bonds is 3. The summed E-state index contributed by atoms with van der Waals surface area (Å²) >= 11 is 0. The first kappa shape index (κ1) is 22.6. The number of hydrogen-bond donors (Lipinski definition) is 1. The van der Waals surface area contributed by atoms with Crippen molar-refractivity contribution in [1.29, 1.82) is 0 Å². The van der Waals surface area contributed by atoms with Gasteiger partial charge < -0.3 is 10.2 Å². The number of alkyl halides is 2. The van der Waals surface area contributed by atoms with Gasteiger partial charge in [-0.3, -0.25) is 14.5 Å². The average Bonchev–Trinajstić information content (AvgIpc) is 3.07. The van der Waals surface area contributed by atoms with Gasteiger partial charge in [-0.25, -0.2) is 27.8 Å². The summed E-state index contributed by atoms with van der Waals surface area (Å²) in [6.45, 7) is 8.87. The predicted octanol–water partition coefficient (Wildman–Crippen LogP) is 3.12. The largest absolute Gasteiger partial charge is 0.322 e. The number of carbonyl (C=O) groups is 2. The van der Waals surface area contributed by atoms with Gasteiger partial charge in [0.1, 0.15) is 11.5 Å². The highest BCUT2D eigenvalue weighted by atomic mass is 19.3. The summed E-state index contributed by atoms with van der Waals surface area (Å²) in [4.78, 5) is 30.7. The molecule has 2 aromatic rings. The Balaban J connectivity index is 1.58. The van der Waals surface area contributed by atoms with Crippen molar-refractivity contribution in [2.24, 2.45) is 0 Å². The highest BCUT2D eigenvalue weighted by Gasteiger charge is 2.37. The lowest BCUT2D eigenvalue weighted by molar-refractivity contribution is -0.0262. The summed E-state index contributed by atoms with van der Waals surface area (Å²) < 4.78 is 41.0. The van der Waals surface area contributed by atoms with Crippen LogP contribution in [0.5, 0.6) is 0 Å². The number of anilines is 1. The summed E-state index contributed by atoms with van der Waals surface area (Å²) in [7, 11) is 1.44. The van der Waals surface area contributed by atoms with Crippen molar-refractivity contribution in [3.63, 3.8) is 0 Å². The van der Waals surface area contributed by atoms with Crippen LogP contribution in [-0.4, -0.2) is 69.2 Å². The molecule has 33 heavy (non-hydrogen) atoms. The quantitative estimate of drug-likeness (QED) is 0.713. The average molecular weight is 461 g/mol. The molecule has 9 nitrogen and oxygen atoms in total. The van der Waals surface area contributed by atoms with E-state index in [0.717, 1.165) is 6.07 Å². The number of urea groups is 1. The smallest absolute Gasteiger partial charge is 0.317 e. The normalized spacial score (nSPS) is 18.6. The number of benzene rings is 1. The van der Waals surface area contributed by atoms with E-state index in [-0.39, 0.29) is 42.7 Å². The number of carbonyl (C=O) groups excluding carboxylic acids is 2. The van der Waals surface area contributed by atoms with Crippen LogP contribution in [0.2, 0.25) is 0 Å². The maximum Gasteiger partial charge on any atom is 0.322 e. The van der Waals surface area contributed by atoms with Gasteiger partial charge in [0, 0.05) is 37.3 Å². The van der Waals surface area contributed by atoms with Crippen LogP contribution in [0, 0.1) is 12.4 Å². The van der Waals surface area contributed by atoms with Crippen LogP contribution < -0.4 is 5.32 Å². The Morgan fingerprint density at radius 3 is 2.82 bits per heavy atom. The summed E-state index contributed by atoms with van der Waals surface area (Å²) in [5.41, 5.74) is 1.64. The van der Waals surface area contributed by atoms with Gasteiger partial charge in [0.15, 0.2) is 0 Å². The minimum Gasteiger partial charge on any atom is -0.317 e. The molecule has 0 aliphatic carbocycles. The van der Waals surface area contributed by atoms with Gasteiger partial charge in [0.25, 0.3) is 12.3 Å². The lowest BCUT2D eigenvalue weighted by atomic mass is 9.99. The number of hydrazine groups is 1. The van der Waals surface area contributed by atoms with Crippen LogP contribution in [0.4, 0.5) is 29.3 Å². The van der Waals surface area contributed by atoms with Crippen LogP contribution in [0.3, 0.4) is 0 Å². The topological polar surface area (TPSA) is 78.1 Å². The van der Waals surface area contributed by atoms with Crippen molar-refractivity contribution in [3.05, 3.63) is 52.4 Å². The molecule has 4 rings (SSSR count). The van der Waals surface area contributed by atoms with E-state index in [4.69, 9.17) is 6.57 Å². The standard InChI is InChI=1S/C21H22F3N7O2/c1-12-8-16-14(10-30(12)21(33)26-13-4-5-15(22)17(9-13)25-2)19-20(32)28(3)29(11-18(23)24)6-7-31(19)27-16/h4-5,9,12,18H,6-8,10-11H2,1,3H3,(H,26,33)/t12-/m1/s1. The zero-order valence-corrected chi connectivity index (χ0v) is 18.1. The number of aromatic nitrogens is 2. The molecule has 1 N–H and O–H groups in total. The van der Waals surface area contributed by atoms with E-state index >= 15 is 0 Å². The van der Waals surface area contributed by atoms with Crippen molar-refractivity contribution in [2.45, 2.75) is 38.9 Å². The Morgan fingerprint density at radius 1 is 1.36 bits per heavy atom. The Kier molecular flexibility index (Phi) is 5.99. The molecule has 0 saturated heterocycles. The Hall–Kier alpha value is -3.59. The fourth-order valence-corrected chi connectivity index (χ4v) is 4.15. The third kappa shape index (κ3) is 4.23. The van der Waals surface area contributed by atoms with Crippen molar-refractivity contribution in [1.82, 2.24) is 24.7 Å². The van der Waals surface area contributed by atoms with E-state index in [9.17, 15) is 22.8 Å².